The summed E-state index contributed by atoms with van der Waals surface area (Å²) in [5, 5.41) is 0. The van der Waals surface area contributed by atoms with E-state index in [0.717, 1.165) is 18.5 Å². The average molecular weight is 281 g/mol. The number of rotatable bonds is 6. The molecule has 0 aliphatic rings. The molecule has 96 valence electrons. The predicted octanol–water partition coefficient (Wildman–Crippen LogP) is 1.91. The predicted molar refractivity (Wildman–Crippen MR) is 63.9 cm³/mol. The van der Waals surface area contributed by atoms with Gasteiger partial charge in [0.1, 0.15) is 10.7 Å². The number of nitrogens with one attached hydrogen (secondary N) is 1. The standard InChI is InChI=1S/C10H14ClFN2O2S/c1-8(3-2-4-11)14-17(15,16)10-5-9(12)6-13-7-10/h5-8,14H,2-4H2,1H3. The molecule has 0 saturated carbocycles. The number of hydrogen-bond donors (Lipinski definition) is 1. The molecular formula is C10H14ClFN2O2S. The zero-order chi connectivity index (χ0) is 12.9. The molecule has 4 nitrogen and oxygen atoms in total. The van der Waals surface area contributed by atoms with E-state index in [0.29, 0.717) is 18.7 Å². The smallest absolute Gasteiger partial charge is 0.242 e. The molecule has 0 aromatic carbocycles. The van der Waals surface area contributed by atoms with Crippen LogP contribution in [0.15, 0.2) is 23.4 Å². The van der Waals surface area contributed by atoms with E-state index < -0.39 is 15.8 Å². The lowest BCUT2D eigenvalue weighted by Crippen LogP contribution is -2.32. The topological polar surface area (TPSA) is 59.1 Å². The van der Waals surface area contributed by atoms with Gasteiger partial charge in [-0.25, -0.2) is 17.5 Å². The van der Waals surface area contributed by atoms with Crippen LogP contribution in [0.2, 0.25) is 0 Å². The first-order valence-corrected chi connectivity index (χ1v) is 7.16. The molecule has 1 N–H and O–H groups in total. The lowest BCUT2D eigenvalue weighted by Gasteiger charge is -2.13. The Morgan fingerprint density at radius 1 is 1.53 bits per heavy atom. The number of sulfonamides is 1. The average Bonchev–Trinajstić information content (AvgIpc) is 2.26. The molecule has 1 atom stereocenters. The number of nitrogens with zero attached hydrogens (tertiary/aromatic N) is 1. The Bertz CT molecular complexity index is 467. The first-order chi connectivity index (χ1) is 7.95. The van der Waals surface area contributed by atoms with Crippen LogP contribution in [0.1, 0.15) is 19.8 Å². The van der Waals surface area contributed by atoms with E-state index in [4.69, 9.17) is 11.6 Å². The highest BCUT2D eigenvalue weighted by atomic mass is 35.5. The van der Waals surface area contributed by atoms with Crippen molar-refractivity contribution >= 4 is 21.6 Å². The maximum absolute atomic E-state index is 12.9. The fourth-order valence-electron chi connectivity index (χ4n) is 1.31. The number of hydrogen-bond acceptors (Lipinski definition) is 3. The zero-order valence-corrected chi connectivity index (χ0v) is 10.9. The van der Waals surface area contributed by atoms with Crippen LogP contribution in [0, 0.1) is 5.82 Å². The number of pyridine rings is 1. The molecule has 7 heteroatoms. The Kier molecular flexibility index (Phi) is 5.30. The minimum Gasteiger partial charge on any atom is -0.260 e. The molecule has 0 spiro atoms. The van der Waals surface area contributed by atoms with Crippen molar-refractivity contribution in [3.05, 3.63) is 24.3 Å². The quantitative estimate of drug-likeness (QED) is 0.810. The van der Waals surface area contributed by atoms with E-state index >= 15 is 0 Å². The van der Waals surface area contributed by atoms with Crippen molar-refractivity contribution < 1.29 is 12.8 Å². The third-order valence-corrected chi connectivity index (χ3v) is 3.94. The second-order valence-electron chi connectivity index (χ2n) is 3.69. The van der Waals surface area contributed by atoms with Gasteiger partial charge in [0.25, 0.3) is 0 Å². The first kappa shape index (κ1) is 14.3. The normalized spacial score (nSPS) is 13.6. The maximum Gasteiger partial charge on any atom is 0.242 e. The molecule has 1 rings (SSSR count). The third-order valence-electron chi connectivity index (χ3n) is 2.12. The SMILES string of the molecule is CC(CCCCl)NS(=O)(=O)c1cncc(F)c1. The molecule has 0 bridgehead atoms. The fraction of sp³-hybridized carbons (Fsp3) is 0.500. The number of halogens is 2. The summed E-state index contributed by atoms with van der Waals surface area (Å²) in [6, 6.07) is 0.686. The molecule has 0 saturated heterocycles. The van der Waals surface area contributed by atoms with Gasteiger partial charge in [-0.3, -0.25) is 4.98 Å². The second-order valence-corrected chi connectivity index (χ2v) is 5.78. The van der Waals surface area contributed by atoms with E-state index in [-0.39, 0.29) is 10.9 Å². The Morgan fingerprint density at radius 3 is 2.82 bits per heavy atom. The van der Waals surface area contributed by atoms with E-state index in [1.807, 2.05) is 0 Å². The summed E-state index contributed by atoms with van der Waals surface area (Å²) in [6.07, 6.45) is 3.41. The van der Waals surface area contributed by atoms with Crippen molar-refractivity contribution in [3.8, 4) is 0 Å². The van der Waals surface area contributed by atoms with Gasteiger partial charge in [0.15, 0.2) is 0 Å². The summed E-state index contributed by atoms with van der Waals surface area (Å²) in [5.74, 6) is -0.200. The van der Waals surface area contributed by atoms with E-state index in [2.05, 4.69) is 9.71 Å². The van der Waals surface area contributed by atoms with Crippen LogP contribution in [0.3, 0.4) is 0 Å². The summed E-state index contributed by atoms with van der Waals surface area (Å²) in [7, 11) is -3.71. The van der Waals surface area contributed by atoms with E-state index in [1.54, 1.807) is 6.92 Å². The van der Waals surface area contributed by atoms with Gasteiger partial charge >= 0.3 is 0 Å². The largest absolute Gasteiger partial charge is 0.260 e. The van der Waals surface area contributed by atoms with Crippen molar-refractivity contribution in [2.75, 3.05) is 5.88 Å². The molecule has 0 aliphatic carbocycles. The summed E-state index contributed by atoms with van der Waals surface area (Å²) >= 11 is 5.52. The lowest BCUT2D eigenvalue weighted by molar-refractivity contribution is 0.542. The van der Waals surface area contributed by atoms with Crippen molar-refractivity contribution in [1.29, 1.82) is 0 Å². The third kappa shape index (κ3) is 4.57. The fourth-order valence-corrected chi connectivity index (χ4v) is 2.72. The molecule has 0 fully saturated rings. The van der Waals surface area contributed by atoms with Crippen molar-refractivity contribution in [2.24, 2.45) is 0 Å². The van der Waals surface area contributed by atoms with Gasteiger partial charge in [-0.05, 0) is 25.8 Å². The van der Waals surface area contributed by atoms with Crippen molar-refractivity contribution in [2.45, 2.75) is 30.7 Å². The van der Waals surface area contributed by atoms with Gasteiger partial charge in [0.05, 0.1) is 6.20 Å². The van der Waals surface area contributed by atoms with Crippen LogP contribution < -0.4 is 4.72 Å². The van der Waals surface area contributed by atoms with E-state index in [9.17, 15) is 12.8 Å². The molecule has 17 heavy (non-hydrogen) atoms. The van der Waals surface area contributed by atoms with Crippen LogP contribution in [-0.4, -0.2) is 25.3 Å². The highest BCUT2D eigenvalue weighted by Gasteiger charge is 2.17. The molecule has 0 aliphatic heterocycles. The highest BCUT2D eigenvalue weighted by Crippen LogP contribution is 2.10. The van der Waals surface area contributed by atoms with Crippen LogP contribution in [0.5, 0.6) is 0 Å². The molecule has 0 radical (unpaired) electrons. The molecule has 1 aromatic rings. The Hall–Kier alpha value is -0.720. The van der Waals surface area contributed by atoms with Gasteiger partial charge < -0.3 is 0 Å². The van der Waals surface area contributed by atoms with Gasteiger partial charge in [0.2, 0.25) is 10.0 Å². The summed E-state index contributed by atoms with van der Waals surface area (Å²) in [5.41, 5.74) is 0. The van der Waals surface area contributed by atoms with Gasteiger partial charge in [-0.1, -0.05) is 0 Å². The van der Waals surface area contributed by atoms with E-state index in [1.165, 1.54) is 0 Å². The van der Waals surface area contributed by atoms with Crippen LogP contribution >= 0.6 is 11.6 Å². The molecule has 0 amide bonds. The van der Waals surface area contributed by atoms with Crippen molar-refractivity contribution in [1.82, 2.24) is 9.71 Å². The van der Waals surface area contributed by atoms with Crippen LogP contribution in [0.4, 0.5) is 4.39 Å². The Morgan fingerprint density at radius 2 is 2.24 bits per heavy atom. The molecular weight excluding hydrogens is 267 g/mol. The van der Waals surface area contributed by atoms with Gasteiger partial charge in [-0.2, -0.15) is 0 Å². The molecule has 1 aromatic heterocycles. The maximum atomic E-state index is 12.9. The van der Waals surface area contributed by atoms with Gasteiger partial charge in [-0.15, -0.1) is 11.6 Å². The summed E-state index contributed by atoms with van der Waals surface area (Å²) in [4.78, 5) is 3.33. The van der Waals surface area contributed by atoms with Crippen LogP contribution in [-0.2, 0) is 10.0 Å². The summed E-state index contributed by atoms with van der Waals surface area (Å²) < 4.78 is 38.9. The number of aromatic nitrogens is 1. The van der Waals surface area contributed by atoms with Crippen LogP contribution in [0.25, 0.3) is 0 Å². The molecule has 1 heterocycles. The van der Waals surface area contributed by atoms with Crippen molar-refractivity contribution in [3.63, 3.8) is 0 Å². The highest BCUT2D eigenvalue weighted by molar-refractivity contribution is 7.89. The monoisotopic (exact) mass is 280 g/mol. The first-order valence-electron chi connectivity index (χ1n) is 5.14. The second kappa shape index (κ2) is 6.28. The molecule has 1 unspecified atom stereocenters. The Labute approximate surface area is 105 Å². The van der Waals surface area contributed by atoms with Gasteiger partial charge in [0, 0.05) is 18.1 Å². The Balaban J connectivity index is 2.75. The lowest BCUT2D eigenvalue weighted by atomic mass is 10.2. The minimum atomic E-state index is -3.71. The number of alkyl halides is 1. The zero-order valence-electron chi connectivity index (χ0n) is 9.36. The minimum absolute atomic E-state index is 0.171. The summed E-state index contributed by atoms with van der Waals surface area (Å²) in [6.45, 7) is 1.73.